The second-order valence-corrected chi connectivity index (χ2v) is 7.46. The van der Waals surface area contributed by atoms with Crippen molar-refractivity contribution >= 4 is 34.9 Å². The number of nitrogens with zero attached hydrogens (tertiary/aromatic N) is 1. The Balaban J connectivity index is 1.58. The van der Waals surface area contributed by atoms with Crippen LogP contribution in [0.15, 0.2) is 60.8 Å². The van der Waals surface area contributed by atoms with E-state index in [1.807, 2.05) is 6.92 Å². The Kier molecular flexibility index (Phi) is 8.50. The molecule has 8 nitrogen and oxygen atoms in total. The van der Waals surface area contributed by atoms with Crippen LogP contribution in [0.4, 0.5) is 29.3 Å². The zero-order chi connectivity index (χ0) is 25.4. The zero-order valence-corrected chi connectivity index (χ0v) is 19.0. The maximum absolute atomic E-state index is 13.0. The number of carbonyl (C=O) groups is 2. The van der Waals surface area contributed by atoms with E-state index in [1.54, 1.807) is 18.2 Å². The summed E-state index contributed by atoms with van der Waals surface area (Å²) in [6, 6.07) is 11.5. The van der Waals surface area contributed by atoms with Gasteiger partial charge in [0.05, 0.1) is 17.2 Å². The molecule has 0 aliphatic rings. The number of rotatable bonds is 8. The van der Waals surface area contributed by atoms with Gasteiger partial charge in [0.25, 0.3) is 5.91 Å². The van der Waals surface area contributed by atoms with Gasteiger partial charge in [0, 0.05) is 23.6 Å². The Morgan fingerprint density at radius 3 is 2.34 bits per heavy atom. The van der Waals surface area contributed by atoms with Crippen LogP contribution in [-0.4, -0.2) is 23.5 Å². The first-order valence-electron chi connectivity index (χ1n) is 10.3. The van der Waals surface area contributed by atoms with Gasteiger partial charge in [-0.2, -0.15) is 13.2 Å². The van der Waals surface area contributed by atoms with E-state index >= 15 is 0 Å². The molecule has 0 bridgehead atoms. The van der Waals surface area contributed by atoms with Crippen molar-refractivity contribution in [1.29, 1.82) is 0 Å². The number of anilines is 2. The number of ether oxygens (including phenoxy) is 1. The molecule has 12 heteroatoms. The highest BCUT2D eigenvalue weighted by Gasteiger charge is 2.33. The van der Waals surface area contributed by atoms with Crippen LogP contribution in [0.5, 0.6) is 11.5 Å². The normalized spacial score (nSPS) is 11.0. The van der Waals surface area contributed by atoms with Crippen LogP contribution >= 0.6 is 11.6 Å². The lowest BCUT2D eigenvalue weighted by atomic mass is 10.2. The van der Waals surface area contributed by atoms with Gasteiger partial charge in [-0.25, -0.2) is 10.3 Å². The summed E-state index contributed by atoms with van der Waals surface area (Å²) in [4.78, 5) is 33.2. The lowest BCUT2D eigenvalue weighted by Gasteiger charge is -2.12. The van der Waals surface area contributed by atoms with E-state index in [0.717, 1.165) is 18.6 Å². The number of hydroxylamine groups is 1. The van der Waals surface area contributed by atoms with Crippen LogP contribution in [0.3, 0.4) is 0 Å². The lowest BCUT2D eigenvalue weighted by molar-refractivity contribution is -0.137. The molecule has 1 heterocycles. The molecule has 0 saturated carbocycles. The third-order valence-corrected chi connectivity index (χ3v) is 4.64. The molecule has 3 rings (SSSR count). The van der Waals surface area contributed by atoms with Crippen molar-refractivity contribution in [3.63, 3.8) is 0 Å². The SMILES string of the molecule is CCCONC(=O)c1cc(Oc2ccc(NC(=O)Nc3ccc(Cl)c(C(F)(F)F)c3)cc2)ccn1. The molecule has 0 aliphatic carbocycles. The van der Waals surface area contributed by atoms with E-state index in [9.17, 15) is 22.8 Å². The van der Waals surface area contributed by atoms with E-state index < -0.39 is 28.7 Å². The first kappa shape index (κ1) is 25.8. The summed E-state index contributed by atoms with van der Waals surface area (Å²) in [7, 11) is 0. The van der Waals surface area contributed by atoms with Gasteiger partial charge in [-0.05, 0) is 55.0 Å². The molecule has 1 aromatic heterocycles. The van der Waals surface area contributed by atoms with Crippen LogP contribution in [0.2, 0.25) is 5.02 Å². The molecule has 2 aromatic carbocycles. The second kappa shape index (κ2) is 11.5. The van der Waals surface area contributed by atoms with Crippen molar-refractivity contribution in [3.8, 4) is 11.5 Å². The number of urea groups is 1. The van der Waals surface area contributed by atoms with E-state index in [4.69, 9.17) is 21.2 Å². The van der Waals surface area contributed by atoms with Crippen LogP contribution in [0.1, 0.15) is 29.4 Å². The summed E-state index contributed by atoms with van der Waals surface area (Å²) in [6.07, 6.45) is -2.50. The second-order valence-electron chi connectivity index (χ2n) is 7.05. The Morgan fingerprint density at radius 1 is 0.971 bits per heavy atom. The fraction of sp³-hybridized carbons (Fsp3) is 0.174. The van der Waals surface area contributed by atoms with E-state index in [0.29, 0.717) is 23.8 Å². The van der Waals surface area contributed by atoms with Gasteiger partial charge in [-0.3, -0.25) is 14.6 Å². The van der Waals surface area contributed by atoms with Crippen molar-refractivity contribution in [2.75, 3.05) is 17.2 Å². The molecule has 0 saturated heterocycles. The van der Waals surface area contributed by atoms with Gasteiger partial charge in [-0.1, -0.05) is 18.5 Å². The minimum Gasteiger partial charge on any atom is -0.457 e. The van der Waals surface area contributed by atoms with Crippen molar-refractivity contribution in [1.82, 2.24) is 10.5 Å². The number of benzene rings is 2. The summed E-state index contributed by atoms with van der Waals surface area (Å²) in [6.45, 7) is 2.27. The Bertz CT molecular complexity index is 1190. The maximum Gasteiger partial charge on any atom is 0.417 e. The molecule has 0 spiro atoms. The fourth-order valence-corrected chi connectivity index (χ4v) is 2.95. The molecular formula is C23H20ClF3N4O4. The third kappa shape index (κ3) is 7.59. The third-order valence-electron chi connectivity index (χ3n) is 4.31. The number of alkyl halides is 3. The van der Waals surface area contributed by atoms with Crippen LogP contribution in [-0.2, 0) is 11.0 Å². The minimum absolute atomic E-state index is 0.0724. The summed E-state index contributed by atoms with van der Waals surface area (Å²) >= 11 is 5.58. The lowest BCUT2D eigenvalue weighted by Crippen LogP contribution is -2.24. The van der Waals surface area contributed by atoms with E-state index in [1.165, 1.54) is 30.5 Å². The molecule has 184 valence electrons. The topological polar surface area (TPSA) is 102 Å². The molecule has 0 fully saturated rings. The molecular weight excluding hydrogens is 489 g/mol. The fourth-order valence-electron chi connectivity index (χ4n) is 2.73. The first-order chi connectivity index (χ1) is 16.7. The summed E-state index contributed by atoms with van der Waals surface area (Å²) in [5.74, 6) is 0.239. The number of aromatic nitrogens is 1. The average Bonchev–Trinajstić information content (AvgIpc) is 2.81. The highest BCUT2D eigenvalue weighted by atomic mass is 35.5. The predicted molar refractivity (Wildman–Crippen MR) is 124 cm³/mol. The number of nitrogens with one attached hydrogen (secondary N) is 3. The minimum atomic E-state index is -4.65. The number of carbonyl (C=O) groups excluding carboxylic acids is 2. The highest BCUT2D eigenvalue weighted by molar-refractivity contribution is 6.31. The Morgan fingerprint density at radius 2 is 1.66 bits per heavy atom. The van der Waals surface area contributed by atoms with Crippen molar-refractivity contribution in [3.05, 3.63) is 77.1 Å². The monoisotopic (exact) mass is 508 g/mol. The summed E-state index contributed by atoms with van der Waals surface area (Å²) in [5.41, 5.74) is 1.62. The van der Waals surface area contributed by atoms with Gasteiger partial charge >= 0.3 is 12.2 Å². The maximum atomic E-state index is 13.0. The molecule has 35 heavy (non-hydrogen) atoms. The number of halogens is 4. The summed E-state index contributed by atoms with van der Waals surface area (Å²) in [5, 5.41) is 4.36. The number of hydrogen-bond donors (Lipinski definition) is 3. The molecule has 0 atom stereocenters. The van der Waals surface area contributed by atoms with Crippen molar-refractivity contribution in [2.45, 2.75) is 19.5 Å². The van der Waals surface area contributed by atoms with Gasteiger partial charge < -0.3 is 15.4 Å². The zero-order valence-electron chi connectivity index (χ0n) is 18.3. The smallest absolute Gasteiger partial charge is 0.417 e. The first-order valence-corrected chi connectivity index (χ1v) is 10.6. The molecule has 3 N–H and O–H groups in total. The van der Waals surface area contributed by atoms with Gasteiger partial charge in [0.15, 0.2) is 0 Å². The Hall–Kier alpha value is -3.83. The molecule has 0 unspecified atom stereocenters. The van der Waals surface area contributed by atoms with Crippen molar-refractivity contribution < 1.29 is 32.3 Å². The molecule has 3 aromatic rings. The Labute approximate surface area is 203 Å². The molecule has 3 amide bonds. The quantitative estimate of drug-likeness (QED) is 0.246. The van der Waals surface area contributed by atoms with Gasteiger partial charge in [0.1, 0.15) is 17.2 Å². The average molecular weight is 509 g/mol. The van der Waals surface area contributed by atoms with E-state index in [2.05, 4.69) is 21.1 Å². The van der Waals surface area contributed by atoms with Gasteiger partial charge in [-0.15, -0.1) is 0 Å². The van der Waals surface area contributed by atoms with Crippen LogP contribution in [0, 0.1) is 0 Å². The number of amides is 3. The standard InChI is InChI=1S/C23H20ClF3N4O4/c1-2-11-34-31-21(32)20-13-17(9-10-28-20)35-16-6-3-14(4-7-16)29-22(33)30-15-5-8-19(24)18(12-15)23(25,26)27/h3-10,12-13H,2,11H2,1H3,(H,31,32)(H2,29,30,33). The van der Waals surface area contributed by atoms with Gasteiger partial charge in [0.2, 0.25) is 0 Å². The predicted octanol–water partition coefficient (Wildman–Crippen LogP) is 6.26. The molecule has 0 radical (unpaired) electrons. The van der Waals surface area contributed by atoms with Crippen LogP contribution in [0.25, 0.3) is 0 Å². The van der Waals surface area contributed by atoms with Crippen molar-refractivity contribution in [2.24, 2.45) is 0 Å². The highest BCUT2D eigenvalue weighted by Crippen LogP contribution is 2.36. The van der Waals surface area contributed by atoms with E-state index in [-0.39, 0.29) is 11.4 Å². The number of pyridine rings is 1. The number of hydrogen-bond acceptors (Lipinski definition) is 5. The van der Waals surface area contributed by atoms with Crippen LogP contribution < -0.4 is 20.9 Å². The summed E-state index contributed by atoms with van der Waals surface area (Å²) < 4.78 is 44.6. The molecule has 0 aliphatic heterocycles. The largest absolute Gasteiger partial charge is 0.457 e.